The minimum atomic E-state index is -0.336. The first-order chi connectivity index (χ1) is 5.77. The number of rotatable bonds is 5. The third-order valence-corrected chi connectivity index (χ3v) is 2.34. The van der Waals surface area contributed by atoms with Crippen LogP contribution in [0.4, 0.5) is 0 Å². The fraction of sp³-hybridized carbons (Fsp3) is 0.889. The van der Waals surface area contributed by atoms with Crippen LogP contribution >= 0.6 is 11.6 Å². The number of halogens is 1. The Kier molecular flexibility index (Phi) is 3.84. The van der Waals surface area contributed by atoms with Gasteiger partial charge in [0.15, 0.2) is 0 Å². The van der Waals surface area contributed by atoms with Gasteiger partial charge in [0.2, 0.25) is 0 Å². The van der Waals surface area contributed by atoms with Gasteiger partial charge in [0.1, 0.15) is 5.38 Å². The van der Waals surface area contributed by atoms with Gasteiger partial charge in [-0.05, 0) is 25.8 Å². The van der Waals surface area contributed by atoms with Crippen molar-refractivity contribution >= 4 is 11.6 Å². The molecule has 0 spiro atoms. The Hall–Kier alpha value is -0.260. The molecule has 0 amide bonds. The van der Waals surface area contributed by atoms with Crippen molar-refractivity contribution in [2.24, 2.45) is 0 Å². The molecule has 1 fully saturated rings. The molecule has 0 bridgehead atoms. The fourth-order valence-electron chi connectivity index (χ4n) is 1.40. The summed E-state index contributed by atoms with van der Waals surface area (Å²) in [6, 6.07) is 2.78. The van der Waals surface area contributed by atoms with Gasteiger partial charge < -0.3 is 0 Å². The molecule has 68 valence electrons. The van der Waals surface area contributed by atoms with Crippen molar-refractivity contribution in [1.29, 1.82) is 5.26 Å². The quantitative estimate of drug-likeness (QED) is 0.615. The Morgan fingerprint density at radius 2 is 2.33 bits per heavy atom. The van der Waals surface area contributed by atoms with Crippen LogP contribution < -0.4 is 0 Å². The van der Waals surface area contributed by atoms with E-state index in [1.54, 1.807) is 0 Å². The molecule has 1 unspecified atom stereocenters. The first kappa shape index (κ1) is 9.83. The number of nitriles is 1. The van der Waals surface area contributed by atoms with E-state index >= 15 is 0 Å². The molecule has 0 heterocycles. The molecule has 1 aliphatic carbocycles. The van der Waals surface area contributed by atoms with E-state index in [0.29, 0.717) is 0 Å². The standard InChI is InChI=1S/C9H15ClN2/c1-2-5-12(9-3-4-9)7-8(10)6-11/h8-9H,2-5,7H2,1H3. The lowest BCUT2D eigenvalue weighted by Crippen LogP contribution is -2.32. The minimum Gasteiger partial charge on any atom is -0.298 e. The summed E-state index contributed by atoms with van der Waals surface area (Å²) >= 11 is 5.76. The van der Waals surface area contributed by atoms with Crippen LogP contribution in [0.3, 0.4) is 0 Å². The maximum Gasteiger partial charge on any atom is 0.133 e. The number of hydrogen-bond acceptors (Lipinski definition) is 2. The third-order valence-electron chi connectivity index (χ3n) is 2.11. The largest absolute Gasteiger partial charge is 0.298 e. The molecule has 0 aromatic heterocycles. The zero-order valence-electron chi connectivity index (χ0n) is 7.46. The van der Waals surface area contributed by atoms with Crippen molar-refractivity contribution in [2.45, 2.75) is 37.6 Å². The number of nitrogens with zero attached hydrogens (tertiary/aromatic N) is 2. The third kappa shape index (κ3) is 3.00. The monoisotopic (exact) mass is 186 g/mol. The summed E-state index contributed by atoms with van der Waals surface area (Å²) in [5.74, 6) is 0. The Balaban J connectivity index is 2.28. The number of hydrogen-bond donors (Lipinski definition) is 0. The van der Waals surface area contributed by atoms with E-state index in [1.807, 2.05) is 0 Å². The van der Waals surface area contributed by atoms with Gasteiger partial charge in [-0.15, -0.1) is 11.6 Å². The molecule has 1 atom stereocenters. The maximum atomic E-state index is 8.55. The second-order valence-electron chi connectivity index (χ2n) is 3.32. The van der Waals surface area contributed by atoms with Crippen molar-refractivity contribution in [3.8, 4) is 6.07 Å². The van der Waals surface area contributed by atoms with Crippen LogP contribution in [0.1, 0.15) is 26.2 Å². The smallest absolute Gasteiger partial charge is 0.133 e. The predicted molar refractivity (Wildman–Crippen MR) is 50.1 cm³/mol. The second kappa shape index (κ2) is 4.69. The Labute approximate surface area is 79.1 Å². The molecule has 0 radical (unpaired) electrons. The van der Waals surface area contributed by atoms with Crippen molar-refractivity contribution in [3.05, 3.63) is 0 Å². The summed E-state index contributed by atoms with van der Waals surface area (Å²) in [4.78, 5) is 2.33. The molecule has 3 heteroatoms. The van der Waals surface area contributed by atoms with Crippen LogP contribution in [0.5, 0.6) is 0 Å². The van der Waals surface area contributed by atoms with Gasteiger partial charge in [-0.25, -0.2) is 0 Å². The Morgan fingerprint density at radius 3 is 2.75 bits per heavy atom. The van der Waals surface area contributed by atoms with E-state index in [2.05, 4.69) is 17.9 Å². The van der Waals surface area contributed by atoms with E-state index < -0.39 is 0 Å². The Bertz CT molecular complexity index is 172. The first-order valence-electron chi connectivity index (χ1n) is 4.55. The molecular weight excluding hydrogens is 172 g/mol. The molecule has 1 saturated carbocycles. The lowest BCUT2D eigenvalue weighted by molar-refractivity contribution is 0.272. The van der Waals surface area contributed by atoms with E-state index in [-0.39, 0.29) is 5.38 Å². The van der Waals surface area contributed by atoms with Gasteiger partial charge in [-0.2, -0.15) is 5.26 Å². The van der Waals surface area contributed by atoms with Gasteiger partial charge in [0.05, 0.1) is 6.07 Å². The highest BCUT2D eigenvalue weighted by Crippen LogP contribution is 2.27. The van der Waals surface area contributed by atoms with Gasteiger partial charge in [-0.1, -0.05) is 6.92 Å². The van der Waals surface area contributed by atoms with Crippen molar-refractivity contribution in [2.75, 3.05) is 13.1 Å². The topological polar surface area (TPSA) is 27.0 Å². The molecule has 12 heavy (non-hydrogen) atoms. The molecule has 1 aliphatic rings. The van der Waals surface area contributed by atoms with Crippen LogP contribution in [0.25, 0.3) is 0 Å². The van der Waals surface area contributed by atoms with E-state index in [0.717, 1.165) is 25.6 Å². The van der Waals surface area contributed by atoms with Crippen LogP contribution in [0.15, 0.2) is 0 Å². The van der Waals surface area contributed by atoms with E-state index in [9.17, 15) is 0 Å². The van der Waals surface area contributed by atoms with Crippen LogP contribution in [0, 0.1) is 11.3 Å². The predicted octanol–water partition coefficient (Wildman–Crippen LogP) is 1.99. The van der Waals surface area contributed by atoms with Crippen molar-refractivity contribution in [1.82, 2.24) is 4.90 Å². The molecule has 2 nitrogen and oxygen atoms in total. The maximum absolute atomic E-state index is 8.55. The average Bonchev–Trinajstić information content (AvgIpc) is 2.86. The van der Waals surface area contributed by atoms with Crippen LogP contribution in [0.2, 0.25) is 0 Å². The zero-order valence-corrected chi connectivity index (χ0v) is 8.22. The van der Waals surface area contributed by atoms with Gasteiger partial charge in [0.25, 0.3) is 0 Å². The van der Waals surface area contributed by atoms with Crippen molar-refractivity contribution in [3.63, 3.8) is 0 Å². The summed E-state index contributed by atoms with van der Waals surface area (Å²) in [5, 5.41) is 8.21. The molecule has 0 N–H and O–H groups in total. The van der Waals surface area contributed by atoms with Gasteiger partial charge in [-0.3, -0.25) is 4.90 Å². The SMILES string of the molecule is CCCN(CC(Cl)C#N)C1CC1. The lowest BCUT2D eigenvalue weighted by atomic mass is 10.3. The van der Waals surface area contributed by atoms with Crippen LogP contribution in [-0.4, -0.2) is 29.4 Å². The van der Waals surface area contributed by atoms with Gasteiger partial charge >= 0.3 is 0 Å². The van der Waals surface area contributed by atoms with Crippen LogP contribution in [-0.2, 0) is 0 Å². The van der Waals surface area contributed by atoms with E-state index in [4.69, 9.17) is 16.9 Å². The molecule has 0 aromatic rings. The first-order valence-corrected chi connectivity index (χ1v) is 4.99. The summed E-state index contributed by atoms with van der Waals surface area (Å²) < 4.78 is 0. The highest BCUT2D eigenvalue weighted by atomic mass is 35.5. The summed E-state index contributed by atoms with van der Waals surface area (Å²) in [6.45, 7) is 3.97. The normalized spacial score (nSPS) is 19.2. The molecular formula is C9H15ClN2. The van der Waals surface area contributed by atoms with Crippen molar-refractivity contribution < 1.29 is 0 Å². The molecule has 0 aliphatic heterocycles. The molecule has 0 aromatic carbocycles. The summed E-state index contributed by atoms with van der Waals surface area (Å²) in [5.41, 5.74) is 0. The minimum absolute atomic E-state index is 0.336. The molecule has 0 saturated heterocycles. The highest BCUT2D eigenvalue weighted by molar-refractivity contribution is 6.22. The lowest BCUT2D eigenvalue weighted by Gasteiger charge is -2.21. The second-order valence-corrected chi connectivity index (χ2v) is 3.85. The summed E-state index contributed by atoms with van der Waals surface area (Å²) in [6.07, 6.45) is 3.72. The van der Waals surface area contributed by atoms with E-state index in [1.165, 1.54) is 12.8 Å². The zero-order chi connectivity index (χ0) is 8.97. The fourth-order valence-corrected chi connectivity index (χ4v) is 1.57. The Morgan fingerprint density at radius 1 is 1.67 bits per heavy atom. The number of alkyl halides is 1. The molecule has 1 rings (SSSR count). The average molecular weight is 187 g/mol. The summed E-state index contributed by atoms with van der Waals surface area (Å²) in [7, 11) is 0. The highest BCUT2D eigenvalue weighted by Gasteiger charge is 2.29. The van der Waals surface area contributed by atoms with Gasteiger partial charge in [0, 0.05) is 12.6 Å².